The molecule has 0 heterocycles. The first-order valence-electron chi connectivity index (χ1n) is 6.48. The summed E-state index contributed by atoms with van der Waals surface area (Å²) in [6, 6.07) is 15.3. The molecule has 0 N–H and O–H groups in total. The molecule has 0 bridgehead atoms. The van der Waals surface area contributed by atoms with E-state index >= 15 is 0 Å². The van der Waals surface area contributed by atoms with Crippen LogP contribution in [-0.2, 0) is 5.41 Å². The van der Waals surface area contributed by atoms with E-state index < -0.39 is 0 Å². The second kappa shape index (κ2) is 6.49. The van der Waals surface area contributed by atoms with Crippen LogP contribution >= 0.6 is 54.5 Å². The van der Waals surface area contributed by atoms with E-state index in [1.165, 1.54) is 20.3 Å². The highest BCUT2D eigenvalue weighted by molar-refractivity contribution is 14.1. The van der Waals surface area contributed by atoms with Gasteiger partial charge in [0.1, 0.15) is 0 Å². The second-order valence-electron chi connectivity index (χ2n) is 5.90. The molecule has 2 aromatic carbocycles. The average molecular weight is 508 g/mol. The fourth-order valence-electron chi connectivity index (χ4n) is 2.04. The lowest BCUT2D eigenvalue weighted by atomic mass is 9.86. The summed E-state index contributed by atoms with van der Waals surface area (Å²) in [6.07, 6.45) is 0. The van der Waals surface area contributed by atoms with Crippen LogP contribution in [0.1, 0.15) is 42.3 Å². The third-order valence-corrected chi connectivity index (χ3v) is 5.80. The van der Waals surface area contributed by atoms with Gasteiger partial charge < -0.3 is 0 Å². The maximum atomic E-state index is 3.83. The Labute approximate surface area is 151 Å². The van der Waals surface area contributed by atoms with Crippen molar-refractivity contribution in [1.82, 2.24) is 0 Å². The van der Waals surface area contributed by atoms with Gasteiger partial charge >= 0.3 is 0 Å². The zero-order valence-corrected chi connectivity index (χ0v) is 17.1. The van der Waals surface area contributed by atoms with Crippen LogP contribution in [0.25, 0.3) is 0 Å². The molecule has 0 aliphatic rings. The highest BCUT2D eigenvalue weighted by atomic mass is 127. The third kappa shape index (κ3) is 3.86. The molecule has 0 radical (unpaired) electrons. The SMILES string of the molecule is CC(C)(C)c1ccc(C(Br)c2cc(Br)ccc2I)cc1. The predicted octanol–water partition coefficient (Wildman–Crippen LogP) is 6.84. The zero-order valence-electron chi connectivity index (χ0n) is 11.8. The summed E-state index contributed by atoms with van der Waals surface area (Å²) in [4.78, 5) is 0.223. The topological polar surface area (TPSA) is 0 Å². The average Bonchev–Trinajstić information content (AvgIpc) is 2.40. The Bertz CT molecular complexity index is 597. The summed E-state index contributed by atoms with van der Waals surface area (Å²) < 4.78 is 2.39. The summed E-state index contributed by atoms with van der Waals surface area (Å²) in [5.74, 6) is 0. The van der Waals surface area contributed by atoms with Crippen molar-refractivity contribution in [2.75, 3.05) is 0 Å². The molecule has 0 saturated heterocycles. The van der Waals surface area contributed by atoms with E-state index in [1.54, 1.807) is 0 Å². The summed E-state index contributed by atoms with van der Waals surface area (Å²) in [6.45, 7) is 6.72. The van der Waals surface area contributed by atoms with Crippen molar-refractivity contribution in [1.29, 1.82) is 0 Å². The predicted molar refractivity (Wildman–Crippen MR) is 103 cm³/mol. The zero-order chi connectivity index (χ0) is 14.9. The number of halogens is 3. The Hall–Kier alpha value is 0.130. The normalized spacial score (nSPS) is 13.3. The van der Waals surface area contributed by atoms with Crippen molar-refractivity contribution >= 4 is 54.5 Å². The van der Waals surface area contributed by atoms with E-state index in [0.717, 1.165) is 4.47 Å². The minimum Gasteiger partial charge on any atom is -0.0786 e. The van der Waals surface area contributed by atoms with Crippen LogP contribution in [0, 0.1) is 3.57 Å². The molecule has 0 nitrogen and oxygen atoms in total. The van der Waals surface area contributed by atoms with Gasteiger partial charge in [-0.2, -0.15) is 0 Å². The molecular weight excluding hydrogens is 491 g/mol. The van der Waals surface area contributed by atoms with Gasteiger partial charge in [0.2, 0.25) is 0 Å². The monoisotopic (exact) mass is 506 g/mol. The smallest absolute Gasteiger partial charge is 0.0655 e. The maximum absolute atomic E-state index is 3.83. The molecule has 1 unspecified atom stereocenters. The van der Waals surface area contributed by atoms with Crippen LogP contribution < -0.4 is 0 Å². The quantitative estimate of drug-likeness (QED) is 0.308. The Morgan fingerprint density at radius 3 is 2.15 bits per heavy atom. The van der Waals surface area contributed by atoms with Gasteiger partial charge in [0.05, 0.1) is 4.83 Å². The Balaban J connectivity index is 2.34. The molecule has 20 heavy (non-hydrogen) atoms. The van der Waals surface area contributed by atoms with Crippen molar-refractivity contribution in [2.45, 2.75) is 31.0 Å². The van der Waals surface area contributed by atoms with Crippen LogP contribution in [0.3, 0.4) is 0 Å². The highest BCUT2D eigenvalue weighted by Gasteiger charge is 2.17. The minimum absolute atomic E-state index is 0.199. The number of alkyl halides is 1. The van der Waals surface area contributed by atoms with Gasteiger partial charge in [0.15, 0.2) is 0 Å². The van der Waals surface area contributed by atoms with E-state index in [9.17, 15) is 0 Å². The van der Waals surface area contributed by atoms with E-state index in [2.05, 4.69) is 118 Å². The van der Waals surface area contributed by atoms with Crippen molar-refractivity contribution in [3.05, 3.63) is 67.2 Å². The van der Waals surface area contributed by atoms with Crippen molar-refractivity contribution in [3.8, 4) is 0 Å². The fraction of sp³-hybridized carbons (Fsp3) is 0.294. The molecule has 0 aliphatic heterocycles. The maximum Gasteiger partial charge on any atom is 0.0655 e. The molecule has 0 saturated carbocycles. The highest BCUT2D eigenvalue weighted by Crippen LogP contribution is 2.36. The molecule has 0 spiro atoms. The number of hydrogen-bond acceptors (Lipinski definition) is 0. The van der Waals surface area contributed by atoms with Gasteiger partial charge in [-0.25, -0.2) is 0 Å². The number of benzene rings is 2. The first-order valence-corrected chi connectivity index (χ1v) is 9.27. The second-order valence-corrected chi connectivity index (χ2v) is 8.89. The van der Waals surface area contributed by atoms with Crippen LogP contribution in [-0.4, -0.2) is 0 Å². The fourth-order valence-corrected chi connectivity index (χ4v) is 4.18. The lowest BCUT2D eigenvalue weighted by Crippen LogP contribution is -2.10. The number of rotatable bonds is 2. The summed E-state index contributed by atoms with van der Waals surface area (Å²) in [5.41, 5.74) is 4.15. The molecule has 0 fully saturated rings. The third-order valence-electron chi connectivity index (χ3n) is 3.30. The first kappa shape index (κ1) is 16.5. The van der Waals surface area contributed by atoms with Crippen molar-refractivity contribution in [3.63, 3.8) is 0 Å². The molecule has 0 aromatic heterocycles. The summed E-state index contributed by atoms with van der Waals surface area (Å²) in [5, 5.41) is 0. The lowest BCUT2D eigenvalue weighted by Gasteiger charge is -2.20. The molecule has 0 amide bonds. The van der Waals surface area contributed by atoms with E-state index in [-0.39, 0.29) is 10.2 Å². The van der Waals surface area contributed by atoms with E-state index in [0.29, 0.717) is 0 Å². The first-order chi connectivity index (χ1) is 9.29. The summed E-state index contributed by atoms with van der Waals surface area (Å²) >= 11 is 9.77. The van der Waals surface area contributed by atoms with Gasteiger partial charge in [0.25, 0.3) is 0 Å². The van der Waals surface area contributed by atoms with Crippen LogP contribution in [0.4, 0.5) is 0 Å². The summed E-state index contributed by atoms with van der Waals surface area (Å²) in [7, 11) is 0. The standard InChI is InChI=1S/C17H17Br2I/c1-17(2,3)12-6-4-11(5-7-12)16(19)14-10-13(18)8-9-15(14)20/h4-10,16H,1-3H3. The van der Waals surface area contributed by atoms with Crippen LogP contribution in [0.2, 0.25) is 0 Å². The van der Waals surface area contributed by atoms with E-state index in [4.69, 9.17) is 0 Å². The van der Waals surface area contributed by atoms with Gasteiger partial charge in [-0.3, -0.25) is 0 Å². The van der Waals surface area contributed by atoms with Gasteiger partial charge in [-0.15, -0.1) is 0 Å². The molecule has 3 heteroatoms. The molecule has 2 aromatic rings. The largest absolute Gasteiger partial charge is 0.0786 e. The van der Waals surface area contributed by atoms with Crippen molar-refractivity contribution in [2.24, 2.45) is 0 Å². The van der Waals surface area contributed by atoms with Crippen LogP contribution in [0.15, 0.2) is 46.9 Å². The molecule has 106 valence electrons. The minimum atomic E-state index is 0.199. The van der Waals surface area contributed by atoms with Crippen molar-refractivity contribution < 1.29 is 0 Å². The molecule has 2 rings (SSSR count). The molecule has 0 aliphatic carbocycles. The molecular formula is C17H17Br2I. The Kier molecular flexibility index (Phi) is 5.35. The van der Waals surface area contributed by atoms with Gasteiger partial charge in [0, 0.05) is 8.04 Å². The molecule has 1 atom stereocenters. The van der Waals surface area contributed by atoms with Gasteiger partial charge in [-0.1, -0.05) is 76.9 Å². The Morgan fingerprint density at radius 1 is 1.00 bits per heavy atom. The number of hydrogen-bond donors (Lipinski definition) is 0. The van der Waals surface area contributed by atoms with Gasteiger partial charge in [-0.05, 0) is 62.9 Å². The lowest BCUT2D eigenvalue weighted by molar-refractivity contribution is 0.590. The Morgan fingerprint density at radius 2 is 1.60 bits per heavy atom. The van der Waals surface area contributed by atoms with Crippen LogP contribution in [0.5, 0.6) is 0 Å². The van der Waals surface area contributed by atoms with E-state index in [1.807, 2.05) is 0 Å².